The number of hydrogen-bond acceptors (Lipinski definition) is 3. The molecule has 2 rings (SSSR count). The maximum atomic E-state index is 12.0. The van der Waals surface area contributed by atoms with E-state index in [4.69, 9.17) is 0 Å². The molecule has 14 heavy (non-hydrogen) atoms. The molecular formula is C11H20N2O. The van der Waals surface area contributed by atoms with Gasteiger partial charge in [-0.1, -0.05) is 0 Å². The van der Waals surface area contributed by atoms with Crippen LogP contribution in [0.4, 0.5) is 0 Å². The van der Waals surface area contributed by atoms with E-state index in [1.54, 1.807) is 0 Å². The molecule has 0 aliphatic carbocycles. The Kier molecular flexibility index (Phi) is 2.88. The molecule has 3 nitrogen and oxygen atoms in total. The average Bonchev–Trinajstić information content (AvgIpc) is 2.36. The molecule has 80 valence electrons. The molecule has 3 heteroatoms. The first kappa shape index (κ1) is 10.1. The first-order valence-corrected chi connectivity index (χ1v) is 5.66. The summed E-state index contributed by atoms with van der Waals surface area (Å²) < 4.78 is 0. The van der Waals surface area contributed by atoms with Gasteiger partial charge in [0.25, 0.3) is 0 Å². The van der Waals surface area contributed by atoms with Crippen molar-refractivity contribution in [3.63, 3.8) is 0 Å². The van der Waals surface area contributed by atoms with E-state index in [-0.39, 0.29) is 5.41 Å². The van der Waals surface area contributed by atoms with E-state index >= 15 is 0 Å². The second-order valence-corrected chi connectivity index (χ2v) is 4.79. The van der Waals surface area contributed by atoms with Gasteiger partial charge in [-0.2, -0.15) is 0 Å². The first-order chi connectivity index (χ1) is 6.73. The summed E-state index contributed by atoms with van der Waals surface area (Å²) in [6, 6.07) is 0. The molecule has 0 amide bonds. The predicted molar refractivity (Wildman–Crippen MR) is 56.3 cm³/mol. The quantitative estimate of drug-likeness (QED) is 0.617. The summed E-state index contributed by atoms with van der Waals surface area (Å²) in [5.74, 6) is 0.506. The highest BCUT2D eigenvalue weighted by Crippen LogP contribution is 2.34. The topological polar surface area (TPSA) is 32.3 Å². The van der Waals surface area contributed by atoms with Gasteiger partial charge in [-0.3, -0.25) is 4.79 Å². The lowest BCUT2D eigenvalue weighted by Crippen LogP contribution is -2.47. The first-order valence-electron chi connectivity index (χ1n) is 5.66. The van der Waals surface area contributed by atoms with Crippen molar-refractivity contribution in [1.82, 2.24) is 10.2 Å². The van der Waals surface area contributed by atoms with Crippen LogP contribution >= 0.6 is 0 Å². The zero-order valence-electron chi connectivity index (χ0n) is 9.01. The van der Waals surface area contributed by atoms with Crippen LogP contribution in [-0.2, 0) is 4.79 Å². The van der Waals surface area contributed by atoms with Crippen molar-refractivity contribution in [2.45, 2.75) is 25.7 Å². The Bertz CT molecular complexity index is 229. The van der Waals surface area contributed by atoms with Crippen LogP contribution in [0.2, 0.25) is 0 Å². The van der Waals surface area contributed by atoms with E-state index in [1.165, 1.54) is 6.42 Å². The molecule has 0 aromatic rings. The van der Waals surface area contributed by atoms with Gasteiger partial charge in [-0.15, -0.1) is 0 Å². The minimum atomic E-state index is -0.0109. The second kappa shape index (κ2) is 3.99. The molecule has 1 spiro atoms. The Hall–Kier alpha value is -0.410. The monoisotopic (exact) mass is 196 g/mol. The summed E-state index contributed by atoms with van der Waals surface area (Å²) in [7, 11) is 2.15. The average molecular weight is 196 g/mol. The molecule has 2 aliphatic heterocycles. The SMILES string of the molecule is CN1CCCC2(CC1)CNCCC2=O. The summed E-state index contributed by atoms with van der Waals surface area (Å²) in [4.78, 5) is 14.3. The molecule has 2 saturated heterocycles. The number of nitrogens with one attached hydrogen (secondary N) is 1. The van der Waals surface area contributed by atoms with Gasteiger partial charge >= 0.3 is 0 Å². The van der Waals surface area contributed by atoms with E-state index in [2.05, 4.69) is 17.3 Å². The van der Waals surface area contributed by atoms with Crippen LogP contribution in [0.15, 0.2) is 0 Å². The van der Waals surface area contributed by atoms with Gasteiger partial charge in [0.15, 0.2) is 0 Å². The number of carbonyl (C=O) groups is 1. The minimum absolute atomic E-state index is 0.0109. The Morgan fingerprint density at radius 3 is 3.00 bits per heavy atom. The molecule has 0 aromatic heterocycles. The van der Waals surface area contributed by atoms with Gasteiger partial charge in [0.1, 0.15) is 5.78 Å². The third-order valence-corrected chi connectivity index (χ3v) is 3.75. The van der Waals surface area contributed by atoms with Gasteiger partial charge in [0.05, 0.1) is 0 Å². The number of hydrogen-bond donors (Lipinski definition) is 1. The maximum absolute atomic E-state index is 12.0. The van der Waals surface area contributed by atoms with Crippen molar-refractivity contribution in [3.05, 3.63) is 0 Å². The number of Topliss-reactive ketones (excluding diaryl/α,β-unsaturated/α-hetero) is 1. The van der Waals surface area contributed by atoms with Crippen molar-refractivity contribution in [2.75, 3.05) is 33.2 Å². The second-order valence-electron chi connectivity index (χ2n) is 4.79. The molecule has 1 unspecified atom stereocenters. The van der Waals surface area contributed by atoms with E-state index in [1.807, 2.05) is 0 Å². The van der Waals surface area contributed by atoms with Crippen LogP contribution in [0.3, 0.4) is 0 Å². The summed E-state index contributed by atoms with van der Waals surface area (Å²) in [6.45, 7) is 4.03. The highest BCUT2D eigenvalue weighted by Gasteiger charge is 2.40. The highest BCUT2D eigenvalue weighted by atomic mass is 16.1. The van der Waals surface area contributed by atoms with Gasteiger partial charge in [0, 0.05) is 24.9 Å². The smallest absolute Gasteiger partial charge is 0.141 e. The maximum Gasteiger partial charge on any atom is 0.141 e. The predicted octanol–water partition coefficient (Wildman–Crippen LogP) is 0.651. The molecular weight excluding hydrogens is 176 g/mol. The number of nitrogens with zero attached hydrogens (tertiary/aromatic N) is 1. The number of piperidine rings is 1. The van der Waals surface area contributed by atoms with Crippen LogP contribution in [-0.4, -0.2) is 43.9 Å². The molecule has 2 heterocycles. The zero-order valence-corrected chi connectivity index (χ0v) is 9.01. The fourth-order valence-corrected chi connectivity index (χ4v) is 2.68. The van der Waals surface area contributed by atoms with Crippen molar-refractivity contribution in [3.8, 4) is 0 Å². The van der Waals surface area contributed by atoms with Gasteiger partial charge in [-0.25, -0.2) is 0 Å². The number of ketones is 1. The highest BCUT2D eigenvalue weighted by molar-refractivity contribution is 5.86. The van der Waals surface area contributed by atoms with E-state index in [0.29, 0.717) is 5.78 Å². The summed E-state index contributed by atoms with van der Waals surface area (Å²) >= 11 is 0. The van der Waals surface area contributed by atoms with Crippen molar-refractivity contribution in [1.29, 1.82) is 0 Å². The standard InChI is InChI=1S/C11H20N2O/c1-13-7-2-4-11(5-8-13)9-12-6-3-10(11)14/h12H,2-9H2,1H3. The van der Waals surface area contributed by atoms with Crippen LogP contribution in [0.1, 0.15) is 25.7 Å². The minimum Gasteiger partial charge on any atom is -0.315 e. The molecule has 1 N–H and O–H groups in total. The van der Waals surface area contributed by atoms with E-state index in [0.717, 1.165) is 45.4 Å². The third-order valence-electron chi connectivity index (χ3n) is 3.75. The van der Waals surface area contributed by atoms with Crippen molar-refractivity contribution in [2.24, 2.45) is 5.41 Å². The molecule has 2 fully saturated rings. The zero-order chi connectivity index (χ0) is 10.0. The van der Waals surface area contributed by atoms with Crippen LogP contribution in [0.25, 0.3) is 0 Å². The van der Waals surface area contributed by atoms with Crippen molar-refractivity contribution >= 4 is 5.78 Å². The fraction of sp³-hybridized carbons (Fsp3) is 0.909. The molecule has 0 bridgehead atoms. The van der Waals surface area contributed by atoms with Gasteiger partial charge in [-0.05, 0) is 39.4 Å². The molecule has 2 aliphatic rings. The summed E-state index contributed by atoms with van der Waals surface area (Å²) in [5.41, 5.74) is -0.0109. The molecule has 0 aromatic carbocycles. The summed E-state index contributed by atoms with van der Waals surface area (Å²) in [6.07, 6.45) is 4.05. The van der Waals surface area contributed by atoms with Crippen LogP contribution in [0, 0.1) is 5.41 Å². The lowest BCUT2D eigenvalue weighted by Gasteiger charge is -2.35. The fourth-order valence-electron chi connectivity index (χ4n) is 2.68. The molecule has 0 radical (unpaired) electrons. The molecule has 1 atom stereocenters. The third kappa shape index (κ3) is 1.84. The van der Waals surface area contributed by atoms with Gasteiger partial charge < -0.3 is 10.2 Å². The van der Waals surface area contributed by atoms with Gasteiger partial charge in [0.2, 0.25) is 0 Å². The molecule has 0 saturated carbocycles. The Balaban J connectivity index is 2.08. The number of likely N-dealkylation sites (tertiary alicyclic amines) is 1. The van der Waals surface area contributed by atoms with E-state index < -0.39 is 0 Å². The normalized spacial score (nSPS) is 35.9. The van der Waals surface area contributed by atoms with E-state index in [9.17, 15) is 4.79 Å². The lowest BCUT2D eigenvalue weighted by atomic mass is 9.74. The Labute approximate surface area is 85.8 Å². The lowest BCUT2D eigenvalue weighted by molar-refractivity contribution is -0.131. The van der Waals surface area contributed by atoms with Crippen LogP contribution < -0.4 is 5.32 Å². The number of rotatable bonds is 0. The van der Waals surface area contributed by atoms with Crippen molar-refractivity contribution < 1.29 is 4.79 Å². The Morgan fingerprint density at radius 2 is 2.21 bits per heavy atom. The summed E-state index contributed by atoms with van der Waals surface area (Å²) in [5, 5.41) is 3.38. The van der Waals surface area contributed by atoms with Crippen LogP contribution in [0.5, 0.6) is 0 Å². The Morgan fingerprint density at radius 1 is 1.36 bits per heavy atom. The number of carbonyl (C=O) groups excluding carboxylic acids is 1. The largest absolute Gasteiger partial charge is 0.315 e.